The largest absolute Gasteiger partial charge is 0.348 e. The average Bonchev–Trinajstić information content (AvgIpc) is 3.37. The number of hydrogen-bond acceptors (Lipinski definition) is 6. The van der Waals surface area contributed by atoms with E-state index in [1.807, 2.05) is 30.5 Å². The van der Waals surface area contributed by atoms with Gasteiger partial charge in [0.25, 0.3) is 0 Å². The number of amides is 1. The Balaban J connectivity index is 1.48. The van der Waals surface area contributed by atoms with E-state index in [0.29, 0.717) is 0 Å². The summed E-state index contributed by atoms with van der Waals surface area (Å²) in [5, 5.41) is 5.79. The topological polar surface area (TPSA) is 54.9 Å². The van der Waals surface area contributed by atoms with Gasteiger partial charge in [-0.15, -0.1) is 22.7 Å². The van der Waals surface area contributed by atoms with Gasteiger partial charge < -0.3 is 5.32 Å². The fourth-order valence-electron chi connectivity index (χ4n) is 2.72. The Labute approximate surface area is 173 Å². The molecule has 1 aromatic carbocycles. The zero-order valence-electron chi connectivity index (χ0n) is 14.9. The lowest BCUT2D eigenvalue weighted by Gasteiger charge is -2.11. The number of rotatable bonds is 6. The van der Waals surface area contributed by atoms with Crippen molar-refractivity contribution >= 4 is 50.6 Å². The van der Waals surface area contributed by atoms with Gasteiger partial charge in [-0.3, -0.25) is 4.79 Å². The van der Waals surface area contributed by atoms with Crippen LogP contribution < -0.4 is 5.32 Å². The summed E-state index contributed by atoms with van der Waals surface area (Å²) in [5.41, 5.74) is 1.76. The highest BCUT2D eigenvalue weighted by molar-refractivity contribution is 8.00. The van der Waals surface area contributed by atoms with Crippen molar-refractivity contribution in [1.82, 2.24) is 15.3 Å². The minimum Gasteiger partial charge on any atom is -0.348 e. The number of thiophene rings is 2. The van der Waals surface area contributed by atoms with Gasteiger partial charge in [0, 0.05) is 9.75 Å². The quantitative estimate of drug-likeness (QED) is 0.323. The van der Waals surface area contributed by atoms with E-state index in [-0.39, 0.29) is 23.5 Å². The lowest BCUT2D eigenvalue weighted by molar-refractivity contribution is -0.119. The normalized spacial score (nSPS) is 12.2. The standard InChI is InChI=1S/C20H16FN3OS3/c1-12(16-3-2-8-26-16)24-18(25)10-27-20-19-15(22-11-23-20)9-17(28-19)13-4-6-14(21)7-5-13/h2-9,11-12H,10H2,1H3,(H,24,25). The van der Waals surface area contributed by atoms with Crippen molar-refractivity contribution in [3.63, 3.8) is 0 Å². The minimum atomic E-state index is -0.260. The number of fused-ring (bicyclic) bond motifs is 1. The number of hydrogen-bond donors (Lipinski definition) is 1. The molecular weight excluding hydrogens is 413 g/mol. The molecule has 1 amide bonds. The molecule has 3 aromatic heterocycles. The van der Waals surface area contributed by atoms with Crippen molar-refractivity contribution in [2.45, 2.75) is 18.0 Å². The first-order valence-electron chi connectivity index (χ1n) is 8.56. The van der Waals surface area contributed by atoms with Crippen molar-refractivity contribution in [2.24, 2.45) is 0 Å². The third kappa shape index (κ3) is 4.24. The number of carbonyl (C=O) groups is 1. The molecule has 1 atom stereocenters. The predicted octanol–water partition coefficient (Wildman–Crippen LogP) is 5.53. The van der Waals surface area contributed by atoms with Gasteiger partial charge in [0.1, 0.15) is 17.2 Å². The summed E-state index contributed by atoms with van der Waals surface area (Å²) in [7, 11) is 0. The lowest BCUT2D eigenvalue weighted by atomic mass is 10.2. The summed E-state index contributed by atoms with van der Waals surface area (Å²) in [6, 6.07) is 12.3. The summed E-state index contributed by atoms with van der Waals surface area (Å²) < 4.78 is 14.1. The highest BCUT2D eigenvalue weighted by Crippen LogP contribution is 2.36. The molecule has 1 N–H and O–H groups in total. The summed E-state index contributed by atoms with van der Waals surface area (Å²) in [6.07, 6.45) is 1.51. The molecule has 0 aliphatic carbocycles. The third-order valence-corrected chi connectivity index (χ3v) is 7.45. The molecule has 4 rings (SSSR count). The lowest BCUT2D eigenvalue weighted by Crippen LogP contribution is -2.27. The van der Waals surface area contributed by atoms with Crippen molar-refractivity contribution in [1.29, 1.82) is 0 Å². The van der Waals surface area contributed by atoms with Crippen LogP contribution in [0.1, 0.15) is 17.8 Å². The predicted molar refractivity (Wildman–Crippen MR) is 114 cm³/mol. The highest BCUT2D eigenvalue weighted by atomic mass is 32.2. The SMILES string of the molecule is CC(NC(=O)CSc1ncnc2cc(-c3ccc(F)cc3)sc12)c1cccs1. The van der Waals surface area contributed by atoms with E-state index >= 15 is 0 Å². The van der Waals surface area contributed by atoms with Crippen LogP contribution in [0.4, 0.5) is 4.39 Å². The maximum atomic E-state index is 13.2. The van der Waals surface area contributed by atoms with Crippen molar-refractivity contribution in [3.05, 3.63) is 64.9 Å². The van der Waals surface area contributed by atoms with Gasteiger partial charge >= 0.3 is 0 Å². The molecule has 0 spiro atoms. The smallest absolute Gasteiger partial charge is 0.230 e. The van der Waals surface area contributed by atoms with Gasteiger partial charge in [0.15, 0.2) is 0 Å². The Bertz CT molecular complexity index is 1090. The van der Waals surface area contributed by atoms with Gasteiger partial charge in [-0.25, -0.2) is 14.4 Å². The number of carbonyl (C=O) groups excluding carboxylic acids is 1. The number of aromatic nitrogens is 2. The highest BCUT2D eigenvalue weighted by Gasteiger charge is 2.14. The van der Waals surface area contributed by atoms with Gasteiger partial charge in [-0.1, -0.05) is 30.0 Å². The van der Waals surface area contributed by atoms with E-state index in [1.165, 1.54) is 30.2 Å². The van der Waals surface area contributed by atoms with Crippen LogP contribution in [0.2, 0.25) is 0 Å². The second-order valence-corrected chi connectivity index (χ2v) is 9.10. The molecule has 28 heavy (non-hydrogen) atoms. The van der Waals surface area contributed by atoms with Crippen LogP contribution in [-0.2, 0) is 4.79 Å². The van der Waals surface area contributed by atoms with Gasteiger partial charge in [0.05, 0.1) is 22.0 Å². The van der Waals surface area contributed by atoms with Crippen LogP contribution in [-0.4, -0.2) is 21.6 Å². The fourth-order valence-corrected chi connectivity index (χ4v) is 5.46. The second-order valence-electron chi connectivity index (χ2n) is 6.10. The zero-order chi connectivity index (χ0) is 19.5. The molecule has 0 radical (unpaired) electrons. The van der Waals surface area contributed by atoms with E-state index in [2.05, 4.69) is 15.3 Å². The van der Waals surface area contributed by atoms with Crippen LogP contribution in [0.5, 0.6) is 0 Å². The molecule has 8 heteroatoms. The van der Waals surface area contributed by atoms with Crippen LogP contribution in [0.15, 0.2) is 59.2 Å². The maximum absolute atomic E-state index is 13.2. The maximum Gasteiger partial charge on any atom is 0.230 e. The first kappa shape index (κ1) is 19.0. The second kappa shape index (κ2) is 8.38. The molecule has 4 aromatic rings. The molecule has 1 unspecified atom stereocenters. The Kier molecular flexibility index (Phi) is 5.70. The summed E-state index contributed by atoms with van der Waals surface area (Å²) >= 11 is 4.57. The minimum absolute atomic E-state index is 0.00895. The molecule has 4 nitrogen and oxygen atoms in total. The molecule has 142 valence electrons. The first-order valence-corrected chi connectivity index (χ1v) is 11.2. The number of nitrogens with one attached hydrogen (secondary N) is 1. The number of halogens is 1. The van der Waals surface area contributed by atoms with Crippen LogP contribution in [0, 0.1) is 5.82 Å². The molecule has 0 saturated heterocycles. The van der Waals surface area contributed by atoms with Crippen molar-refractivity contribution < 1.29 is 9.18 Å². The Morgan fingerprint density at radius 1 is 1.25 bits per heavy atom. The third-order valence-electron chi connectivity index (χ3n) is 4.09. The van der Waals surface area contributed by atoms with Crippen molar-refractivity contribution in [3.8, 4) is 10.4 Å². The Hall–Kier alpha value is -2.29. The van der Waals surface area contributed by atoms with E-state index in [0.717, 1.165) is 30.6 Å². The summed E-state index contributed by atoms with van der Waals surface area (Å²) in [6.45, 7) is 1.98. The number of benzene rings is 1. The monoisotopic (exact) mass is 429 g/mol. The molecule has 3 heterocycles. The fraction of sp³-hybridized carbons (Fsp3) is 0.150. The number of thioether (sulfide) groups is 1. The first-order chi connectivity index (χ1) is 13.6. The molecule has 0 aliphatic heterocycles. The average molecular weight is 430 g/mol. The van der Waals surface area contributed by atoms with Crippen LogP contribution >= 0.6 is 34.4 Å². The van der Waals surface area contributed by atoms with Crippen LogP contribution in [0.25, 0.3) is 20.7 Å². The number of nitrogens with zero attached hydrogens (tertiary/aromatic N) is 2. The molecular formula is C20H16FN3OS3. The zero-order valence-corrected chi connectivity index (χ0v) is 17.3. The van der Waals surface area contributed by atoms with E-state index in [4.69, 9.17) is 0 Å². The Morgan fingerprint density at radius 2 is 2.07 bits per heavy atom. The van der Waals surface area contributed by atoms with Gasteiger partial charge in [0.2, 0.25) is 5.91 Å². The molecule has 0 aliphatic rings. The van der Waals surface area contributed by atoms with Crippen molar-refractivity contribution in [2.75, 3.05) is 5.75 Å². The summed E-state index contributed by atoms with van der Waals surface area (Å²) in [4.78, 5) is 23.1. The summed E-state index contributed by atoms with van der Waals surface area (Å²) in [5.74, 6) is -0.0114. The molecule has 0 saturated carbocycles. The van der Waals surface area contributed by atoms with Gasteiger partial charge in [-0.05, 0) is 42.1 Å². The van der Waals surface area contributed by atoms with E-state index < -0.39 is 0 Å². The van der Waals surface area contributed by atoms with Gasteiger partial charge in [-0.2, -0.15) is 0 Å². The Morgan fingerprint density at radius 3 is 2.82 bits per heavy atom. The van der Waals surface area contributed by atoms with Crippen LogP contribution in [0.3, 0.4) is 0 Å². The molecule has 0 bridgehead atoms. The van der Waals surface area contributed by atoms with E-state index in [9.17, 15) is 9.18 Å². The molecule has 0 fully saturated rings. The van der Waals surface area contributed by atoms with E-state index in [1.54, 1.807) is 34.8 Å².